The molecular formula is C20H32O4. The molecule has 2 fully saturated rings. The normalized spacial score (nSPS) is 53.6. The molecule has 4 nitrogen and oxygen atoms in total. The van der Waals surface area contributed by atoms with Crippen LogP contribution in [0.4, 0.5) is 0 Å². The van der Waals surface area contributed by atoms with Gasteiger partial charge in [-0.3, -0.25) is 0 Å². The van der Waals surface area contributed by atoms with Gasteiger partial charge in [-0.05, 0) is 29.7 Å². The number of fused-ring (bicyclic) bond motifs is 3. The first kappa shape index (κ1) is 18.1. The predicted molar refractivity (Wildman–Crippen MR) is 93.1 cm³/mol. The first-order valence-corrected chi connectivity index (χ1v) is 9.06. The maximum Gasteiger partial charge on any atom is 0.0757 e. The van der Waals surface area contributed by atoms with E-state index in [0.29, 0.717) is 19.3 Å². The molecule has 136 valence electrons. The Labute approximate surface area is 144 Å². The molecule has 0 radical (unpaired) electrons. The predicted octanol–water partition coefficient (Wildman–Crippen LogP) is 2.02. The fourth-order valence-corrected chi connectivity index (χ4v) is 5.92. The van der Waals surface area contributed by atoms with Gasteiger partial charge in [-0.25, -0.2) is 0 Å². The van der Waals surface area contributed by atoms with Crippen molar-refractivity contribution < 1.29 is 20.4 Å². The Hall–Kier alpha value is -0.680. The summed E-state index contributed by atoms with van der Waals surface area (Å²) >= 11 is 0. The number of aliphatic hydroxyl groups excluding tert-OH is 4. The Kier molecular flexibility index (Phi) is 4.08. The monoisotopic (exact) mass is 336 g/mol. The largest absolute Gasteiger partial charge is 0.392 e. The van der Waals surface area contributed by atoms with E-state index in [-0.39, 0.29) is 17.3 Å². The quantitative estimate of drug-likeness (QED) is 0.552. The second kappa shape index (κ2) is 5.41. The number of allylic oxidation sites excluding steroid dienone is 2. The molecule has 3 aliphatic rings. The SMILES string of the molecule is C=C[C@]1(C)C=C2[C@H](O)C[C@H]3C(C)(C)[C@@H](O)C[C@H](O)[C@]3(C)[C@H]2[C@H](O)C1. The van der Waals surface area contributed by atoms with Crippen LogP contribution < -0.4 is 0 Å². The number of hydrogen-bond acceptors (Lipinski definition) is 4. The first-order chi connectivity index (χ1) is 11.0. The van der Waals surface area contributed by atoms with Crippen LogP contribution in [0.3, 0.4) is 0 Å². The molecule has 4 heteroatoms. The van der Waals surface area contributed by atoms with Crippen LogP contribution in [-0.4, -0.2) is 44.8 Å². The van der Waals surface area contributed by atoms with E-state index in [9.17, 15) is 20.4 Å². The summed E-state index contributed by atoms with van der Waals surface area (Å²) in [7, 11) is 0. The highest BCUT2D eigenvalue weighted by Gasteiger charge is 2.64. The van der Waals surface area contributed by atoms with Gasteiger partial charge in [0, 0.05) is 23.2 Å². The highest BCUT2D eigenvalue weighted by Crippen LogP contribution is 2.63. The first-order valence-electron chi connectivity index (χ1n) is 9.06. The van der Waals surface area contributed by atoms with Gasteiger partial charge in [0.15, 0.2) is 0 Å². The summed E-state index contributed by atoms with van der Waals surface area (Å²) in [6.45, 7) is 11.9. The van der Waals surface area contributed by atoms with Crippen molar-refractivity contribution in [2.45, 2.75) is 71.4 Å². The van der Waals surface area contributed by atoms with Gasteiger partial charge in [0.25, 0.3) is 0 Å². The molecule has 4 N–H and O–H groups in total. The Morgan fingerprint density at radius 2 is 1.67 bits per heavy atom. The summed E-state index contributed by atoms with van der Waals surface area (Å²) in [6, 6.07) is 0. The van der Waals surface area contributed by atoms with Gasteiger partial charge in [-0.2, -0.15) is 0 Å². The summed E-state index contributed by atoms with van der Waals surface area (Å²) in [6.07, 6.45) is 2.62. The van der Waals surface area contributed by atoms with E-state index in [4.69, 9.17) is 0 Å². The smallest absolute Gasteiger partial charge is 0.0757 e. The van der Waals surface area contributed by atoms with Gasteiger partial charge >= 0.3 is 0 Å². The van der Waals surface area contributed by atoms with Crippen molar-refractivity contribution in [2.75, 3.05) is 0 Å². The minimum atomic E-state index is -0.700. The lowest BCUT2D eigenvalue weighted by molar-refractivity contribution is -0.212. The number of aliphatic hydroxyl groups is 4. The van der Waals surface area contributed by atoms with E-state index in [1.165, 1.54) is 0 Å². The molecular weight excluding hydrogens is 304 g/mol. The third kappa shape index (κ3) is 2.27. The molecule has 0 amide bonds. The molecule has 0 heterocycles. The molecule has 0 aliphatic heterocycles. The fraction of sp³-hybridized carbons (Fsp3) is 0.800. The lowest BCUT2D eigenvalue weighted by atomic mass is 9.43. The summed E-state index contributed by atoms with van der Waals surface area (Å²) in [4.78, 5) is 0. The fourth-order valence-electron chi connectivity index (χ4n) is 5.92. The second-order valence-electron chi connectivity index (χ2n) is 9.36. The van der Waals surface area contributed by atoms with Gasteiger partial charge in [-0.15, -0.1) is 6.58 Å². The van der Waals surface area contributed by atoms with Crippen LogP contribution in [0, 0.1) is 28.1 Å². The van der Waals surface area contributed by atoms with E-state index in [1.54, 1.807) is 0 Å². The van der Waals surface area contributed by atoms with Gasteiger partial charge in [0.1, 0.15) is 0 Å². The van der Waals surface area contributed by atoms with Crippen molar-refractivity contribution in [3.63, 3.8) is 0 Å². The minimum Gasteiger partial charge on any atom is -0.392 e. The molecule has 3 aliphatic carbocycles. The summed E-state index contributed by atoms with van der Waals surface area (Å²) in [5.74, 6) is -0.357. The lowest BCUT2D eigenvalue weighted by Gasteiger charge is -2.64. The van der Waals surface area contributed by atoms with Crippen molar-refractivity contribution >= 4 is 0 Å². The molecule has 0 spiro atoms. The van der Waals surface area contributed by atoms with Crippen LogP contribution in [0.1, 0.15) is 47.0 Å². The van der Waals surface area contributed by atoms with Crippen LogP contribution in [0.15, 0.2) is 24.3 Å². The van der Waals surface area contributed by atoms with Gasteiger partial charge in [0.2, 0.25) is 0 Å². The Morgan fingerprint density at radius 1 is 1.04 bits per heavy atom. The van der Waals surface area contributed by atoms with Gasteiger partial charge < -0.3 is 20.4 Å². The Morgan fingerprint density at radius 3 is 2.25 bits per heavy atom. The van der Waals surface area contributed by atoms with Crippen molar-refractivity contribution in [1.29, 1.82) is 0 Å². The van der Waals surface area contributed by atoms with Crippen LogP contribution >= 0.6 is 0 Å². The zero-order valence-electron chi connectivity index (χ0n) is 15.2. The maximum atomic E-state index is 11.0. The Bertz CT molecular complexity index is 568. The van der Waals surface area contributed by atoms with E-state index in [1.807, 2.05) is 39.8 Å². The molecule has 0 bridgehead atoms. The molecule has 8 atom stereocenters. The highest BCUT2D eigenvalue weighted by atomic mass is 16.3. The molecule has 3 rings (SSSR count). The maximum absolute atomic E-state index is 11.0. The average Bonchev–Trinajstić information content (AvgIpc) is 2.48. The summed E-state index contributed by atoms with van der Waals surface area (Å²) < 4.78 is 0. The van der Waals surface area contributed by atoms with Gasteiger partial charge in [-0.1, -0.05) is 39.8 Å². The molecule has 0 unspecified atom stereocenters. The van der Waals surface area contributed by atoms with E-state index < -0.39 is 35.2 Å². The van der Waals surface area contributed by atoms with Crippen LogP contribution in [-0.2, 0) is 0 Å². The molecule has 0 aromatic rings. The molecule has 0 saturated heterocycles. The standard InChI is InChI=1S/C20H32O4/c1-6-19(4)9-11-12(21)7-14-18(2,3)15(23)8-16(24)20(14,5)17(11)13(22)10-19/h6,9,12-17,21-24H,1,7-8,10H2,2-5H3/t12-,13-,14+,15+,16+,17-,19-,20-/m1/s1. The molecule has 2 saturated carbocycles. The van der Waals surface area contributed by atoms with Crippen LogP contribution in [0.25, 0.3) is 0 Å². The third-order valence-corrected chi connectivity index (χ3v) is 7.54. The van der Waals surface area contributed by atoms with Gasteiger partial charge in [0.05, 0.1) is 24.4 Å². The van der Waals surface area contributed by atoms with Crippen molar-refractivity contribution in [2.24, 2.45) is 28.1 Å². The topological polar surface area (TPSA) is 80.9 Å². The van der Waals surface area contributed by atoms with Crippen molar-refractivity contribution in [3.8, 4) is 0 Å². The molecule has 24 heavy (non-hydrogen) atoms. The third-order valence-electron chi connectivity index (χ3n) is 7.54. The molecule has 0 aromatic heterocycles. The van der Waals surface area contributed by atoms with Crippen LogP contribution in [0.2, 0.25) is 0 Å². The van der Waals surface area contributed by atoms with E-state index in [0.717, 1.165) is 5.57 Å². The number of rotatable bonds is 1. The zero-order valence-corrected chi connectivity index (χ0v) is 15.2. The van der Waals surface area contributed by atoms with Crippen LogP contribution in [0.5, 0.6) is 0 Å². The lowest BCUT2D eigenvalue weighted by Crippen LogP contribution is -2.65. The van der Waals surface area contributed by atoms with E-state index in [2.05, 4.69) is 6.58 Å². The average molecular weight is 336 g/mol. The van der Waals surface area contributed by atoms with Crippen molar-refractivity contribution in [1.82, 2.24) is 0 Å². The second-order valence-corrected chi connectivity index (χ2v) is 9.36. The Balaban J connectivity index is 2.14. The van der Waals surface area contributed by atoms with E-state index >= 15 is 0 Å². The highest BCUT2D eigenvalue weighted by molar-refractivity contribution is 5.32. The summed E-state index contributed by atoms with van der Waals surface area (Å²) in [5.41, 5.74) is -0.486. The van der Waals surface area contributed by atoms with Crippen molar-refractivity contribution in [3.05, 3.63) is 24.3 Å². The zero-order chi connectivity index (χ0) is 18.1. The summed E-state index contributed by atoms with van der Waals surface area (Å²) in [5, 5.41) is 43.2. The molecule has 0 aromatic carbocycles. The number of hydrogen-bond donors (Lipinski definition) is 4. The minimum absolute atomic E-state index is 0.0661.